The van der Waals surface area contributed by atoms with Gasteiger partial charge in [-0.3, -0.25) is 0 Å². The predicted octanol–water partition coefficient (Wildman–Crippen LogP) is 2.87. The summed E-state index contributed by atoms with van der Waals surface area (Å²) in [5, 5.41) is 0. The molecule has 0 aliphatic carbocycles. The van der Waals surface area contributed by atoms with Crippen LogP contribution in [0.4, 0.5) is 5.69 Å². The Hall–Kier alpha value is -1.09. The van der Waals surface area contributed by atoms with E-state index in [9.17, 15) is 0 Å². The zero-order valence-electron chi connectivity index (χ0n) is 10.6. The second kappa shape index (κ2) is 5.05. The van der Waals surface area contributed by atoms with Crippen LogP contribution < -0.4 is 10.6 Å². The van der Waals surface area contributed by atoms with E-state index >= 15 is 0 Å². The molecule has 2 rings (SSSR count). The Bertz CT molecular complexity index is 428. The minimum atomic E-state index is 0.478. The second-order valence-corrected chi connectivity index (χ2v) is 5.50. The summed E-state index contributed by atoms with van der Waals surface area (Å²) in [6.07, 6.45) is 2.64. The van der Waals surface area contributed by atoms with E-state index in [0.717, 1.165) is 24.6 Å². The Morgan fingerprint density at radius 2 is 2.24 bits per heavy atom. The fourth-order valence-electron chi connectivity index (χ4n) is 2.57. The van der Waals surface area contributed by atoms with Gasteiger partial charge < -0.3 is 10.6 Å². The van der Waals surface area contributed by atoms with E-state index in [2.05, 4.69) is 30.9 Å². The Morgan fingerprint density at radius 3 is 2.82 bits per heavy atom. The molecule has 1 heterocycles. The van der Waals surface area contributed by atoms with E-state index in [1.54, 1.807) is 0 Å². The number of nitrogens with two attached hydrogens (primary N) is 1. The Morgan fingerprint density at radius 1 is 1.47 bits per heavy atom. The third-order valence-corrected chi connectivity index (χ3v) is 3.71. The molecule has 1 fully saturated rings. The van der Waals surface area contributed by atoms with E-state index in [1.807, 2.05) is 6.07 Å². The van der Waals surface area contributed by atoms with Gasteiger partial charge in [-0.05, 0) is 49.4 Å². The highest BCUT2D eigenvalue weighted by atomic mass is 32.1. The van der Waals surface area contributed by atoms with E-state index in [0.29, 0.717) is 4.99 Å². The van der Waals surface area contributed by atoms with Crippen LogP contribution in [0.2, 0.25) is 0 Å². The first-order valence-corrected chi connectivity index (χ1v) is 6.64. The van der Waals surface area contributed by atoms with Gasteiger partial charge in [-0.15, -0.1) is 0 Å². The van der Waals surface area contributed by atoms with Crippen molar-refractivity contribution in [2.45, 2.75) is 26.7 Å². The molecule has 1 saturated heterocycles. The van der Waals surface area contributed by atoms with Crippen molar-refractivity contribution in [2.75, 3.05) is 18.0 Å². The maximum Gasteiger partial charge on any atom is 0.103 e. The smallest absolute Gasteiger partial charge is 0.103 e. The van der Waals surface area contributed by atoms with Crippen molar-refractivity contribution in [2.24, 2.45) is 11.7 Å². The van der Waals surface area contributed by atoms with Crippen molar-refractivity contribution in [3.05, 3.63) is 29.3 Å². The van der Waals surface area contributed by atoms with Crippen molar-refractivity contribution in [1.29, 1.82) is 0 Å². The van der Waals surface area contributed by atoms with Gasteiger partial charge in [0.1, 0.15) is 4.99 Å². The van der Waals surface area contributed by atoms with Crippen molar-refractivity contribution in [3.63, 3.8) is 0 Å². The van der Waals surface area contributed by atoms with Crippen LogP contribution in [-0.2, 0) is 0 Å². The van der Waals surface area contributed by atoms with Crippen LogP contribution in [0.5, 0.6) is 0 Å². The van der Waals surface area contributed by atoms with E-state index < -0.39 is 0 Å². The fraction of sp³-hybridized carbons (Fsp3) is 0.500. The summed E-state index contributed by atoms with van der Waals surface area (Å²) in [4.78, 5) is 2.96. The maximum absolute atomic E-state index is 5.65. The first-order chi connectivity index (χ1) is 8.08. The summed E-state index contributed by atoms with van der Waals surface area (Å²) >= 11 is 5.00. The highest BCUT2D eigenvalue weighted by Gasteiger charge is 2.18. The molecule has 0 saturated carbocycles. The van der Waals surface area contributed by atoms with Crippen LogP contribution >= 0.6 is 12.2 Å². The number of piperidine rings is 1. The molecule has 0 bridgehead atoms. The summed E-state index contributed by atoms with van der Waals surface area (Å²) in [5.41, 5.74) is 9.21. The summed E-state index contributed by atoms with van der Waals surface area (Å²) in [5.74, 6) is 0.790. The Labute approximate surface area is 109 Å². The number of rotatable bonds is 2. The standard InChI is InChI=1S/C14H20N2S/c1-10-4-3-7-16(9-10)13-6-5-12(14(15)17)8-11(13)2/h5-6,8,10H,3-4,7,9H2,1-2H3,(H2,15,17). The fourth-order valence-corrected chi connectivity index (χ4v) is 2.70. The predicted molar refractivity (Wildman–Crippen MR) is 77.7 cm³/mol. The van der Waals surface area contributed by atoms with E-state index in [-0.39, 0.29) is 0 Å². The monoisotopic (exact) mass is 248 g/mol. The van der Waals surface area contributed by atoms with E-state index in [4.69, 9.17) is 18.0 Å². The number of hydrogen-bond donors (Lipinski definition) is 1. The average Bonchev–Trinajstić information content (AvgIpc) is 2.28. The molecule has 0 radical (unpaired) electrons. The van der Waals surface area contributed by atoms with Gasteiger partial charge in [0.15, 0.2) is 0 Å². The van der Waals surface area contributed by atoms with Gasteiger partial charge >= 0.3 is 0 Å². The molecule has 2 nitrogen and oxygen atoms in total. The zero-order chi connectivity index (χ0) is 12.4. The van der Waals surface area contributed by atoms with Crippen LogP contribution in [0, 0.1) is 12.8 Å². The SMILES string of the molecule is Cc1cc(C(N)=S)ccc1N1CCCC(C)C1. The van der Waals surface area contributed by atoms with Crippen LogP contribution in [-0.4, -0.2) is 18.1 Å². The zero-order valence-corrected chi connectivity index (χ0v) is 11.4. The number of anilines is 1. The largest absolute Gasteiger partial charge is 0.389 e. The Balaban J connectivity index is 2.23. The number of thiocarbonyl (C=S) groups is 1. The minimum absolute atomic E-state index is 0.478. The number of benzene rings is 1. The van der Waals surface area contributed by atoms with Crippen LogP contribution in [0.1, 0.15) is 30.9 Å². The van der Waals surface area contributed by atoms with E-state index in [1.165, 1.54) is 24.1 Å². The Kier molecular flexibility index (Phi) is 3.67. The third-order valence-electron chi connectivity index (χ3n) is 3.48. The second-order valence-electron chi connectivity index (χ2n) is 5.06. The van der Waals surface area contributed by atoms with Crippen molar-refractivity contribution in [1.82, 2.24) is 0 Å². The highest BCUT2D eigenvalue weighted by molar-refractivity contribution is 7.80. The van der Waals surface area contributed by atoms with Gasteiger partial charge in [-0.1, -0.05) is 19.1 Å². The number of aryl methyl sites for hydroxylation is 1. The molecule has 1 aliphatic heterocycles. The van der Waals surface area contributed by atoms with Gasteiger partial charge in [0.2, 0.25) is 0 Å². The molecule has 1 aromatic rings. The van der Waals surface area contributed by atoms with Gasteiger partial charge in [-0.2, -0.15) is 0 Å². The van der Waals surface area contributed by atoms with Gasteiger partial charge in [-0.25, -0.2) is 0 Å². The molecule has 2 N–H and O–H groups in total. The maximum atomic E-state index is 5.65. The lowest BCUT2D eigenvalue weighted by atomic mass is 9.98. The summed E-state index contributed by atoms with van der Waals surface area (Å²) in [6, 6.07) is 6.28. The molecule has 1 aromatic carbocycles. The molecule has 1 atom stereocenters. The summed E-state index contributed by atoms with van der Waals surface area (Å²) in [6.45, 7) is 6.78. The number of hydrogen-bond acceptors (Lipinski definition) is 2. The third kappa shape index (κ3) is 2.78. The van der Waals surface area contributed by atoms with Crippen molar-refractivity contribution in [3.8, 4) is 0 Å². The quantitative estimate of drug-likeness (QED) is 0.816. The van der Waals surface area contributed by atoms with Gasteiger partial charge in [0.25, 0.3) is 0 Å². The van der Waals surface area contributed by atoms with Crippen molar-refractivity contribution >= 4 is 22.9 Å². The number of nitrogens with zero attached hydrogens (tertiary/aromatic N) is 1. The molecule has 92 valence electrons. The lowest BCUT2D eigenvalue weighted by Gasteiger charge is -2.34. The average molecular weight is 248 g/mol. The van der Waals surface area contributed by atoms with Crippen LogP contribution in [0.25, 0.3) is 0 Å². The summed E-state index contributed by atoms with van der Waals surface area (Å²) in [7, 11) is 0. The lowest BCUT2D eigenvalue weighted by molar-refractivity contribution is 0.446. The molecule has 1 aliphatic rings. The van der Waals surface area contributed by atoms with Gasteiger partial charge in [0.05, 0.1) is 0 Å². The van der Waals surface area contributed by atoms with Crippen molar-refractivity contribution < 1.29 is 0 Å². The molecular weight excluding hydrogens is 228 g/mol. The normalized spacial score (nSPS) is 20.4. The van der Waals surface area contributed by atoms with Crippen LogP contribution in [0.15, 0.2) is 18.2 Å². The highest BCUT2D eigenvalue weighted by Crippen LogP contribution is 2.26. The molecule has 0 aromatic heterocycles. The first-order valence-electron chi connectivity index (χ1n) is 6.23. The van der Waals surface area contributed by atoms with Gasteiger partial charge in [0, 0.05) is 24.3 Å². The molecule has 17 heavy (non-hydrogen) atoms. The molecular formula is C14H20N2S. The topological polar surface area (TPSA) is 29.3 Å². The first kappa shape index (κ1) is 12.4. The molecule has 0 amide bonds. The molecule has 3 heteroatoms. The molecule has 0 spiro atoms. The summed E-state index contributed by atoms with van der Waals surface area (Å²) < 4.78 is 0. The van der Waals surface area contributed by atoms with Crippen LogP contribution in [0.3, 0.4) is 0 Å². The minimum Gasteiger partial charge on any atom is -0.389 e. The lowest BCUT2D eigenvalue weighted by Crippen LogP contribution is -2.34. The molecule has 1 unspecified atom stereocenters.